The van der Waals surface area contributed by atoms with Gasteiger partial charge in [-0.05, 0) is 61.1 Å². The van der Waals surface area contributed by atoms with Gasteiger partial charge in [0.1, 0.15) is 17.1 Å². The van der Waals surface area contributed by atoms with E-state index in [1.165, 1.54) is 0 Å². The molecule has 1 aliphatic rings. The lowest BCUT2D eigenvalue weighted by Gasteiger charge is -2.19. The van der Waals surface area contributed by atoms with E-state index in [1.807, 2.05) is 48.4 Å². The van der Waals surface area contributed by atoms with E-state index in [4.69, 9.17) is 9.72 Å². The molecular formula is C24H31N5O2. The zero-order chi connectivity index (χ0) is 22.0. The number of rotatable bonds is 6. The van der Waals surface area contributed by atoms with Crippen LogP contribution in [0.2, 0.25) is 0 Å². The maximum Gasteiger partial charge on any atom is 0.321 e. The second-order valence-corrected chi connectivity index (χ2v) is 8.79. The summed E-state index contributed by atoms with van der Waals surface area (Å²) in [6.07, 6.45) is 3.66. The van der Waals surface area contributed by atoms with Crippen LogP contribution in [0.1, 0.15) is 31.7 Å². The van der Waals surface area contributed by atoms with Gasteiger partial charge in [-0.3, -0.25) is 0 Å². The fourth-order valence-electron chi connectivity index (χ4n) is 4.26. The molecule has 3 aromatic rings. The van der Waals surface area contributed by atoms with Crippen LogP contribution in [-0.4, -0.2) is 45.7 Å². The second-order valence-electron chi connectivity index (χ2n) is 8.79. The third-order valence-corrected chi connectivity index (χ3v) is 5.85. The fraction of sp³-hybridized carbons (Fsp3) is 0.458. The van der Waals surface area contributed by atoms with Crippen LogP contribution in [-0.2, 0) is 13.0 Å². The first-order chi connectivity index (χ1) is 14.9. The maximum absolute atomic E-state index is 12.8. The lowest BCUT2D eigenvalue weighted by atomic mass is 10.0. The minimum Gasteiger partial charge on any atom is -0.497 e. The molecule has 1 unspecified atom stereocenters. The number of imidazole rings is 1. The summed E-state index contributed by atoms with van der Waals surface area (Å²) >= 11 is 0. The van der Waals surface area contributed by atoms with Crippen molar-refractivity contribution in [2.45, 2.75) is 40.2 Å². The molecule has 2 amide bonds. The molecule has 0 spiro atoms. The fourth-order valence-corrected chi connectivity index (χ4v) is 4.26. The molecule has 0 aliphatic carbocycles. The number of fused-ring (bicyclic) bond motifs is 1. The first-order valence-corrected chi connectivity index (χ1v) is 10.9. The van der Waals surface area contributed by atoms with Crippen LogP contribution in [0, 0.1) is 18.8 Å². The molecule has 3 heterocycles. The van der Waals surface area contributed by atoms with Gasteiger partial charge in [-0.15, -0.1) is 0 Å². The van der Waals surface area contributed by atoms with Crippen molar-refractivity contribution in [3.8, 4) is 5.75 Å². The lowest BCUT2D eigenvalue weighted by Crippen LogP contribution is -2.33. The Morgan fingerprint density at radius 3 is 2.90 bits per heavy atom. The number of hydrogen-bond donors (Lipinski definition) is 1. The quantitative estimate of drug-likeness (QED) is 0.636. The number of pyridine rings is 1. The lowest BCUT2D eigenvalue weighted by molar-refractivity contribution is 0.220. The zero-order valence-corrected chi connectivity index (χ0v) is 18.8. The van der Waals surface area contributed by atoms with E-state index in [0.717, 1.165) is 66.5 Å². The molecule has 2 aromatic heterocycles. The van der Waals surface area contributed by atoms with Crippen LogP contribution in [0.15, 0.2) is 36.5 Å². The van der Waals surface area contributed by atoms with E-state index in [0.29, 0.717) is 11.8 Å². The molecule has 1 atom stereocenters. The highest BCUT2D eigenvalue weighted by Crippen LogP contribution is 2.26. The van der Waals surface area contributed by atoms with Crippen molar-refractivity contribution in [2.75, 3.05) is 25.5 Å². The number of carbonyl (C=O) groups excluding carboxylic acids is 1. The van der Waals surface area contributed by atoms with Gasteiger partial charge in [0.2, 0.25) is 0 Å². The number of benzene rings is 1. The van der Waals surface area contributed by atoms with Gasteiger partial charge in [0, 0.05) is 37.9 Å². The van der Waals surface area contributed by atoms with Gasteiger partial charge in [-0.25, -0.2) is 14.8 Å². The molecule has 1 saturated heterocycles. The second kappa shape index (κ2) is 8.96. The molecule has 1 aliphatic heterocycles. The van der Waals surface area contributed by atoms with Crippen LogP contribution in [0.4, 0.5) is 10.5 Å². The molecule has 0 saturated carbocycles. The van der Waals surface area contributed by atoms with Crippen LogP contribution < -0.4 is 10.1 Å². The van der Waals surface area contributed by atoms with Gasteiger partial charge in [-0.2, -0.15) is 0 Å². The molecule has 0 radical (unpaired) electrons. The van der Waals surface area contributed by atoms with Crippen LogP contribution >= 0.6 is 0 Å². The summed E-state index contributed by atoms with van der Waals surface area (Å²) in [4.78, 5) is 24.2. The highest BCUT2D eigenvalue weighted by atomic mass is 16.5. The average molecular weight is 422 g/mol. The molecular weight excluding hydrogens is 390 g/mol. The smallest absolute Gasteiger partial charge is 0.321 e. The van der Waals surface area contributed by atoms with E-state index in [9.17, 15) is 4.79 Å². The number of aromatic nitrogens is 3. The molecule has 1 fully saturated rings. The summed E-state index contributed by atoms with van der Waals surface area (Å²) in [7, 11) is 1.64. The number of hydrogen-bond acceptors (Lipinski definition) is 4. The molecule has 4 rings (SSSR count). The Kier molecular flexibility index (Phi) is 6.11. The van der Waals surface area contributed by atoms with Crippen LogP contribution in [0.25, 0.3) is 11.2 Å². The summed E-state index contributed by atoms with van der Waals surface area (Å²) in [5.74, 6) is 2.76. The predicted octanol–water partition coefficient (Wildman–Crippen LogP) is 4.50. The van der Waals surface area contributed by atoms with Crippen molar-refractivity contribution in [2.24, 2.45) is 11.8 Å². The van der Waals surface area contributed by atoms with Gasteiger partial charge in [-0.1, -0.05) is 13.8 Å². The maximum atomic E-state index is 12.8. The Morgan fingerprint density at radius 1 is 1.32 bits per heavy atom. The molecule has 1 N–H and O–H groups in total. The summed E-state index contributed by atoms with van der Waals surface area (Å²) < 4.78 is 7.50. The van der Waals surface area contributed by atoms with Crippen molar-refractivity contribution < 1.29 is 9.53 Å². The predicted molar refractivity (Wildman–Crippen MR) is 122 cm³/mol. The molecule has 7 nitrogen and oxygen atoms in total. The van der Waals surface area contributed by atoms with Crippen LogP contribution in [0.3, 0.4) is 0 Å². The Morgan fingerprint density at radius 2 is 2.16 bits per heavy atom. The average Bonchev–Trinajstić information content (AvgIpc) is 3.35. The normalized spacial score (nSPS) is 16.3. The SMILES string of the molecule is COc1ccc(NC(=O)N2CCC(Cc3nc4cccnc4n3CC(C)C)C2)c(C)c1. The summed E-state index contributed by atoms with van der Waals surface area (Å²) in [6, 6.07) is 9.59. The number of urea groups is 1. The summed E-state index contributed by atoms with van der Waals surface area (Å²) in [5, 5.41) is 3.05. The molecule has 1 aromatic carbocycles. The summed E-state index contributed by atoms with van der Waals surface area (Å²) in [6.45, 7) is 8.78. The van der Waals surface area contributed by atoms with E-state index < -0.39 is 0 Å². The minimum absolute atomic E-state index is 0.0480. The number of ether oxygens (including phenoxy) is 1. The molecule has 0 bridgehead atoms. The highest BCUT2D eigenvalue weighted by Gasteiger charge is 2.28. The topological polar surface area (TPSA) is 72.3 Å². The van der Waals surface area contributed by atoms with E-state index >= 15 is 0 Å². The zero-order valence-electron chi connectivity index (χ0n) is 18.8. The first-order valence-electron chi connectivity index (χ1n) is 10.9. The monoisotopic (exact) mass is 421 g/mol. The van der Waals surface area contributed by atoms with Crippen molar-refractivity contribution >= 4 is 22.9 Å². The van der Waals surface area contributed by atoms with Crippen LogP contribution in [0.5, 0.6) is 5.75 Å². The van der Waals surface area contributed by atoms with E-state index in [1.54, 1.807) is 7.11 Å². The van der Waals surface area contributed by atoms with Gasteiger partial charge >= 0.3 is 6.03 Å². The number of likely N-dealkylation sites (tertiary alicyclic amines) is 1. The Balaban J connectivity index is 1.43. The third-order valence-electron chi connectivity index (χ3n) is 5.85. The van der Waals surface area contributed by atoms with E-state index in [2.05, 4.69) is 28.7 Å². The molecule has 31 heavy (non-hydrogen) atoms. The Hall–Kier alpha value is -3.09. The number of aryl methyl sites for hydroxylation is 1. The number of carbonyl (C=O) groups is 1. The Labute approximate surface area is 183 Å². The van der Waals surface area contributed by atoms with Gasteiger partial charge < -0.3 is 19.5 Å². The molecule has 164 valence electrons. The van der Waals surface area contributed by atoms with Crippen molar-refractivity contribution in [1.82, 2.24) is 19.4 Å². The summed E-state index contributed by atoms with van der Waals surface area (Å²) in [5.41, 5.74) is 3.70. The third kappa shape index (κ3) is 4.65. The van der Waals surface area contributed by atoms with Gasteiger partial charge in [0.25, 0.3) is 0 Å². The number of methoxy groups -OCH3 is 1. The number of nitrogens with zero attached hydrogens (tertiary/aromatic N) is 4. The van der Waals surface area contributed by atoms with Crippen molar-refractivity contribution in [3.05, 3.63) is 47.9 Å². The molecule has 7 heteroatoms. The number of amides is 2. The van der Waals surface area contributed by atoms with Gasteiger partial charge in [0.05, 0.1) is 7.11 Å². The first kappa shape index (κ1) is 21.2. The van der Waals surface area contributed by atoms with Crippen molar-refractivity contribution in [3.63, 3.8) is 0 Å². The number of nitrogens with one attached hydrogen (secondary N) is 1. The van der Waals surface area contributed by atoms with Crippen molar-refractivity contribution in [1.29, 1.82) is 0 Å². The van der Waals surface area contributed by atoms with E-state index in [-0.39, 0.29) is 6.03 Å². The van der Waals surface area contributed by atoms with Gasteiger partial charge in [0.15, 0.2) is 5.65 Å². The number of anilines is 1. The standard InChI is InChI=1S/C24H31N5O2/c1-16(2)14-29-22(26-21-6-5-10-25-23(21)29)13-18-9-11-28(15-18)24(30)27-20-8-7-19(31-4)12-17(20)3/h5-8,10,12,16,18H,9,11,13-15H2,1-4H3,(H,27,30). The largest absolute Gasteiger partial charge is 0.497 e. The minimum atomic E-state index is -0.0480. The highest BCUT2D eigenvalue weighted by molar-refractivity contribution is 5.90. The Bertz CT molecular complexity index is 1080.